The summed E-state index contributed by atoms with van der Waals surface area (Å²) in [5.41, 5.74) is -0.991. The van der Waals surface area contributed by atoms with Gasteiger partial charge in [-0.1, -0.05) is 19.3 Å². The SMILES string of the molecule is [2H]c1c(C(=O)O)cc(C2CCCCC2)n(O)c1=O. The molecule has 0 saturated heterocycles. The Morgan fingerprint density at radius 3 is 2.65 bits per heavy atom. The van der Waals surface area contributed by atoms with Gasteiger partial charge in [0.15, 0.2) is 0 Å². The summed E-state index contributed by atoms with van der Waals surface area (Å²) in [6.07, 6.45) is 4.79. The highest BCUT2D eigenvalue weighted by Gasteiger charge is 2.21. The number of carbonyl (C=O) groups is 1. The van der Waals surface area contributed by atoms with Crippen LogP contribution in [0, 0.1) is 0 Å². The standard InChI is InChI=1S/C12H15NO4/c14-11-7-9(12(15)16)6-10(13(11)17)8-4-2-1-3-5-8/h6-8,17H,1-5H2,(H,15,16)/i7D. The lowest BCUT2D eigenvalue weighted by atomic mass is 9.86. The first-order chi connectivity index (χ1) is 8.52. The van der Waals surface area contributed by atoms with E-state index in [4.69, 9.17) is 6.48 Å². The van der Waals surface area contributed by atoms with Gasteiger partial charge in [0.1, 0.15) is 0 Å². The van der Waals surface area contributed by atoms with Crippen molar-refractivity contribution in [3.05, 3.63) is 33.7 Å². The molecule has 1 aliphatic carbocycles. The van der Waals surface area contributed by atoms with E-state index >= 15 is 0 Å². The van der Waals surface area contributed by atoms with Gasteiger partial charge in [0.2, 0.25) is 0 Å². The molecule has 1 heterocycles. The second kappa shape index (κ2) is 4.61. The third kappa shape index (κ3) is 2.33. The summed E-state index contributed by atoms with van der Waals surface area (Å²) in [7, 11) is 0. The van der Waals surface area contributed by atoms with E-state index in [1.165, 1.54) is 6.07 Å². The average Bonchev–Trinajstić information content (AvgIpc) is 2.37. The Kier molecular flexibility index (Phi) is 2.81. The van der Waals surface area contributed by atoms with Crippen LogP contribution >= 0.6 is 0 Å². The monoisotopic (exact) mass is 238 g/mol. The van der Waals surface area contributed by atoms with Crippen LogP contribution in [0.25, 0.3) is 0 Å². The molecule has 0 unspecified atom stereocenters. The van der Waals surface area contributed by atoms with Crippen molar-refractivity contribution in [1.82, 2.24) is 4.73 Å². The molecule has 1 aromatic heterocycles. The molecule has 2 N–H and O–H groups in total. The van der Waals surface area contributed by atoms with Crippen LogP contribution in [0.1, 0.15) is 55.4 Å². The van der Waals surface area contributed by atoms with Gasteiger partial charge in [0.05, 0.1) is 12.6 Å². The molecule has 0 bridgehead atoms. The number of aromatic nitrogens is 1. The minimum atomic E-state index is -1.31. The predicted octanol–water partition coefficient (Wildman–Crippen LogP) is 1.83. The Bertz CT molecular complexity index is 532. The molecular formula is C12H15NO4. The first kappa shape index (κ1) is 10.4. The molecule has 1 fully saturated rings. The van der Waals surface area contributed by atoms with E-state index in [2.05, 4.69) is 0 Å². The molecular weight excluding hydrogens is 222 g/mol. The summed E-state index contributed by atoms with van der Waals surface area (Å²) < 4.78 is 7.84. The van der Waals surface area contributed by atoms with Gasteiger partial charge in [0, 0.05) is 12.0 Å². The van der Waals surface area contributed by atoms with Crippen molar-refractivity contribution in [3.63, 3.8) is 0 Å². The highest BCUT2D eigenvalue weighted by molar-refractivity contribution is 5.87. The lowest BCUT2D eigenvalue weighted by Gasteiger charge is -2.22. The van der Waals surface area contributed by atoms with Crippen molar-refractivity contribution in [3.8, 4) is 0 Å². The summed E-state index contributed by atoms with van der Waals surface area (Å²) in [6.45, 7) is 0. The van der Waals surface area contributed by atoms with Gasteiger partial charge in [-0.05, 0) is 18.9 Å². The minimum Gasteiger partial charge on any atom is -0.478 e. The Labute approximate surface area is 99.7 Å². The van der Waals surface area contributed by atoms with Crippen molar-refractivity contribution in [2.75, 3.05) is 0 Å². The number of carboxylic acids is 1. The topological polar surface area (TPSA) is 79.5 Å². The van der Waals surface area contributed by atoms with E-state index in [0.29, 0.717) is 10.4 Å². The summed E-state index contributed by atoms with van der Waals surface area (Å²) in [4.78, 5) is 22.6. The number of nitrogens with zero attached hydrogens (tertiary/aromatic N) is 1. The molecule has 0 atom stereocenters. The molecule has 0 radical (unpaired) electrons. The van der Waals surface area contributed by atoms with E-state index in [1.807, 2.05) is 0 Å². The Morgan fingerprint density at radius 2 is 2.06 bits per heavy atom. The smallest absolute Gasteiger partial charge is 0.335 e. The molecule has 1 aromatic rings. The molecule has 2 rings (SSSR count). The van der Waals surface area contributed by atoms with E-state index < -0.39 is 17.6 Å². The van der Waals surface area contributed by atoms with E-state index in [-0.39, 0.29) is 11.5 Å². The first-order valence-corrected chi connectivity index (χ1v) is 5.71. The zero-order chi connectivity index (χ0) is 13.3. The van der Waals surface area contributed by atoms with Gasteiger partial charge in [-0.3, -0.25) is 4.79 Å². The zero-order valence-corrected chi connectivity index (χ0v) is 9.35. The van der Waals surface area contributed by atoms with Crippen molar-refractivity contribution >= 4 is 5.97 Å². The summed E-state index contributed by atoms with van der Waals surface area (Å²) in [6, 6.07) is 0.576. The average molecular weight is 238 g/mol. The molecule has 0 spiro atoms. The molecule has 5 nitrogen and oxygen atoms in total. The highest BCUT2D eigenvalue weighted by Crippen LogP contribution is 2.31. The lowest BCUT2D eigenvalue weighted by Crippen LogP contribution is -2.25. The summed E-state index contributed by atoms with van der Waals surface area (Å²) in [5, 5.41) is 18.7. The third-order valence-electron chi connectivity index (χ3n) is 3.22. The van der Waals surface area contributed by atoms with Crippen LogP contribution in [0.2, 0.25) is 0 Å². The van der Waals surface area contributed by atoms with Crippen molar-refractivity contribution < 1.29 is 16.5 Å². The van der Waals surface area contributed by atoms with Crippen molar-refractivity contribution in [2.45, 2.75) is 38.0 Å². The summed E-state index contributed by atoms with van der Waals surface area (Å²) >= 11 is 0. The van der Waals surface area contributed by atoms with Gasteiger partial charge < -0.3 is 10.3 Å². The van der Waals surface area contributed by atoms with Gasteiger partial charge in [-0.25, -0.2) is 4.79 Å². The van der Waals surface area contributed by atoms with Gasteiger partial charge in [0.25, 0.3) is 5.56 Å². The number of carboxylic acid groups (broad SMARTS) is 1. The number of aromatic carboxylic acids is 1. The van der Waals surface area contributed by atoms with E-state index in [9.17, 15) is 14.8 Å². The maximum Gasteiger partial charge on any atom is 0.335 e. The van der Waals surface area contributed by atoms with Gasteiger partial charge in [-0.15, -0.1) is 0 Å². The second-order valence-electron chi connectivity index (χ2n) is 4.36. The van der Waals surface area contributed by atoms with Crippen molar-refractivity contribution in [2.24, 2.45) is 0 Å². The maximum absolute atomic E-state index is 11.6. The molecule has 17 heavy (non-hydrogen) atoms. The van der Waals surface area contributed by atoms with Crippen LogP contribution < -0.4 is 5.56 Å². The first-order valence-electron chi connectivity index (χ1n) is 6.21. The predicted molar refractivity (Wildman–Crippen MR) is 60.7 cm³/mol. The molecule has 5 heteroatoms. The number of rotatable bonds is 2. The fourth-order valence-electron chi connectivity index (χ4n) is 2.33. The molecule has 0 aromatic carbocycles. The largest absolute Gasteiger partial charge is 0.478 e. The maximum atomic E-state index is 11.6. The molecule has 92 valence electrons. The zero-order valence-electron chi connectivity index (χ0n) is 10.3. The second-order valence-corrected chi connectivity index (χ2v) is 4.36. The Morgan fingerprint density at radius 1 is 1.41 bits per heavy atom. The van der Waals surface area contributed by atoms with Gasteiger partial charge >= 0.3 is 5.97 Å². The van der Waals surface area contributed by atoms with Crippen LogP contribution in [-0.2, 0) is 0 Å². The quantitative estimate of drug-likeness (QED) is 0.770. The molecule has 0 amide bonds. The van der Waals surface area contributed by atoms with Gasteiger partial charge in [-0.2, -0.15) is 4.73 Å². The molecule has 1 aliphatic rings. The third-order valence-corrected chi connectivity index (χ3v) is 3.22. The Hall–Kier alpha value is -1.78. The van der Waals surface area contributed by atoms with Crippen LogP contribution in [-0.4, -0.2) is 21.0 Å². The Balaban J connectivity index is 2.53. The van der Waals surface area contributed by atoms with Crippen molar-refractivity contribution in [1.29, 1.82) is 0 Å². The fraction of sp³-hybridized carbons (Fsp3) is 0.500. The lowest BCUT2D eigenvalue weighted by molar-refractivity contribution is 0.0695. The molecule has 1 saturated carbocycles. The van der Waals surface area contributed by atoms with Crippen LogP contribution in [0.4, 0.5) is 0 Å². The van der Waals surface area contributed by atoms with Crippen LogP contribution in [0.3, 0.4) is 0 Å². The fourth-order valence-corrected chi connectivity index (χ4v) is 2.33. The number of hydrogen-bond acceptors (Lipinski definition) is 3. The summed E-state index contributed by atoms with van der Waals surface area (Å²) in [5.74, 6) is -1.31. The van der Waals surface area contributed by atoms with E-state index in [0.717, 1.165) is 32.1 Å². The highest BCUT2D eigenvalue weighted by atomic mass is 16.5. The molecule has 0 aliphatic heterocycles. The number of hydrogen-bond donors (Lipinski definition) is 2. The van der Waals surface area contributed by atoms with E-state index in [1.54, 1.807) is 0 Å². The van der Waals surface area contributed by atoms with Crippen LogP contribution in [0.15, 0.2) is 16.9 Å². The van der Waals surface area contributed by atoms with Crippen LogP contribution in [0.5, 0.6) is 0 Å². The normalized spacial score (nSPS) is 17.8. The minimum absolute atomic E-state index is 0.00449. The number of pyridine rings is 1.